The highest BCUT2D eigenvalue weighted by Crippen LogP contribution is 2.37. The predicted octanol–water partition coefficient (Wildman–Crippen LogP) is 4.09. The molecule has 1 saturated carbocycles. The summed E-state index contributed by atoms with van der Waals surface area (Å²) in [6.07, 6.45) is 4.61. The van der Waals surface area contributed by atoms with E-state index in [4.69, 9.17) is 9.47 Å². The number of carbonyl (C=O) groups excluding carboxylic acids is 2. The molecule has 1 aliphatic rings. The zero-order valence-corrected chi connectivity index (χ0v) is 23.6. The summed E-state index contributed by atoms with van der Waals surface area (Å²) < 4.78 is 12.9. The number of nitrogens with one attached hydrogen (secondary N) is 2. The van der Waals surface area contributed by atoms with Gasteiger partial charge in [0.2, 0.25) is 5.91 Å². The summed E-state index contributed by atoms with van der Waals surface area (Å²) in [4.78, 5) is 40.7. The van der Waals surface area contributed by atoms with Crippen molar-refractivity contribution in [3.63, 3.8) is 0 Å². The number of rotatable bonds is 14. The minimum atomic E-state index is -1.29. The number of amides is 1. The van der Waals surface area contributed by atoms with Crippen molar-refractivity contribution in [1.82, 2.24) is 25.0 Å². The monoisotopic (exact) mass is 565 g/mol. The number of methoxy groups -OCH3 is 1. The van der Waals surface area contributed by atoms with Crippen LogP contribution in [0, 0.1) is 5.92 Å². The van der Waals surface area contributed by atoms with Gasteiger partial charge in [-0.2, -0.15) is 5.10 Å². The number of aromatic nitrogens is 5. The number of carbonyl (C=O) groups is 3. The Morgan fingerprint density at radius 2 is 1.90 bits per heavy atom. The van der Waals surface area contributed by atoms with Crippen LogP contribution in [-0.2, 0) is 20.9 Å². The van der Waals surface area contributed by atoms with Crippen LogP contribution in [0.3, 0.4) is 0 Å². The summed E-state index contributed by atoms with van der Waals surface area (Å²) in [6, 6.07) is 6.64. The molecule has 1 amide bonds. The van der Waals surface area contributed by atoms with E-state index in [0.717, 1.165) is 12.8 Å². The topological polar surface area (TPSA) is 170 Å². The van der Waals surface area contributed by atoms with Crippen molar-refractivity contribution in [2.24, 2.45) is 5.92 Å². The molecule has 1 aliphatic carbocycles. The number of Topliss-reactive ketones (excluding diaryl/α,β-unsaturated/α-hetero) is 1. The third-order valence-electron chi connectivity index (χ3n) is 6.22. The molecule has 13 nitrogen and oxygen atoms in total. The maximum absolute atomic E-state index is 12.3. The third-order valence-corrected chi connectivity index (χ3v) is 6.22. The van der Waals surface area contributed by atoms with E-state index in [2.05, 4.69) is 30.9 Å². The van der Waals surface area contributed by atoms with Gasteiger partial charge in [-0.05, 0) is 52.2 Å². The molecule has 3 N–H and O–H groups in total. The first-order valence-electron chi connectivity index (χ1n) is 13.5. The first-order valence-corrected chi connectivity index (χ1v) is 13.5. The molecule has 13 heteroatoms. The van der Waals surface area contributed by atoms with Crippen LogP contribution < -0.4 is 15.4 Å². The number of carboxylic acids is 1. The van der Waals surface area contributed by atoms with Gasteiger partial charge < -0.3 is 25.2 Å². The lowest BCUT2D eigenvalue weighted by molar-refractivity contribution is -0.120. The molecule has 2 heterocycles. The highest BCUT2D eigenvalue weighted by Gasteiger charge is 2.30. The van der Waals surface area contributed by atoms with Gasteiger partial charge in [0.15, 0.2) is 23.1 Å². The molecule has 0 bridgehead atoms. The zero-order chi connectivity index (χ0) is 29.6. The fourth-order valence-corrected chi connectivity index (χ4v) is 3.99. The van der Waals surface area contributed by atoms with Crippen LogP contribution in [0.5, 0.6) is 5.75 Å². The largest absolute Gasteiger partial charge is 0.494 e. The van der Waals surface area contributed by atoms with Crippen LogP contribution >= 0.6 is 0 Å². The first-order chi connectivity index (χ1) is 19.5. The van der Waals surface area contributed by atoms with Gasteiger partial charge in [-0.3, -0.25) is 14.3 Å². The van der Waals surface area contributed by atoms with Gasteiger partial charge in [0.05, 0.1) is 29.6 Å². The molecule has 0 unspecified atom stereocenters. The molecule has 3 aromatic rings. The molecular formula is C28H35N7O6. The number of aromatic carboxylic acids is 1. The Kier molecular flexibility index (Phi) is 9.28. The van der Waals surface area contributed by atoms with Crippen molar-refractivity contribution in [3.8, 4) is 17.1 Å². The van der Waals surface area contributed by atoms with E-state index in [0.29, 0.717) is 55.2 Å². The van der Waals surface area contributed by atoms with Crippen molar-refractivity contribution < 1.29 is 29.0 Å². The summed E-state index contributed by atoms with van der Waals surface area (Å²) in [5.41, 5.74) is 0.572. The average Bonchev–Trinajstić information content (AvgIpc) is 3.67. The second-order valence-electron chi connectivity index (χ2n) is 10.8. The minimum absolute atomic E-state index is 0.0532. The van der Waals surface area contributed by atoms with Gasteiger partial charge in [-0.1, -0.05) is 6.07 Å². The molecule has 0 radical (unpaired) electrons. The van der Waals surface area contributed by atoms with Crippen molar-refractivity contribution in [3.05, 3.63) is 36.3 Å². The lowest BCUT2D eigenvalue weighted by Gasteiger charge is -2.19. The predicted molar refractivity (Wildman–Crippen MR) is 150 cm³/mol. The minimum Gasteiger partial charge on any atom is -0.494 e. The molecule has 218 valence electrons. The van der Waals surface area contributed by atoms with Gasteiger partial charge in [0.25, 0.3) is 0 Å². The second-order valence-corrected chi connectivity index (χ2v) is 10.8. The number of aryl methyl sites for hydroxylation is 1. The van der Waals surface area contributed by atoms with Crippen LogP contribution in [0.25, 0.3) is 11.4 Å². The van der Waals surface area contributed by atoms with E-state index in [1.54, 1.807) is 29.2 Å². The third kappa shape index (κ3) is 8.30. The summed E-state index contributed by atoms with van der Waals surface area (Å²) >= 11 is 0. The van der Waals surface area contributed by atoms with E-state index < -0.39 is 5.97 Å². The van der Waals surface area contributed by atoms with E-state index in [9.17, 15) is 19.5 Å². The molecule has 41 heavy (non-hydrogen) atoms. The highest BCUT2D eigenvalue weighted by molar-refractivity contribution is 5.97. The van der Waals surface area contributed by atoms with E-state index in [1.807, 2.05) is 20.8 Å². The molecule has 0 saturated heterocycles. The standard InChI is InChI=1S/C28H35N7O6/c1-28(2,3)41-14-6-7-18(36)12-13-35-16-29-25(34-35)19-8-5-9-20(24(19)40-4)30-21-15-22(31-26(37)17-10-11-17)32-33-23(21)27(38)39/h5,8-9,15-17H,6-7,10-14H2,1-4H3,(H,38,39)(H2,30,31,32,37). The molecule has 1 aromatic carbocycles. The molecule has 0 atom stereocenters. The van der Waals surface area contributed by atoms with Gasteiger partial charge >= 0.3 is 5.97 Å². The lowest BCUT2D eigenvalue weighted by Crippen LogP contribution is -2.20. The maximum atomic E-state index is 12.3. The summed E-state index contributed by atoms with van der Waals surface area (Å²) in [5, 5.41) is 27.5. The number of para-hydroxylation sites is 1. The van der Waals surface area contributed by atoms with Crippen LogP contribution in [-0.4, -0.2) is 67.0 Å². The van der Waals surface area contributed by atoms with E-state index in [-0.39, 0.29) is 40.4 Å². The fraction of sp³-hybridized carbons (Fsp3) is 0.464. The Labute approximate surface area is 237 Å². The van der Waals surface area contributed by atoms with Crippen molar-refractivity contribution >= 4 is 34.9 Å². The normalized spacial score (nSPS) is 13.1. The second kappa shape index (κ2) is 12.9. The molecular weight excluding hydrogens is 530 g/mol. The van der Waals surface area contributed by atoms with Gasteiger partial charge in [-0.15, -0.1) is 10.2 Å². The number of benzene rings is 1. The number of hydrogen-bond donors (Lipinski definition) is 3. The lowest BCUT2D eigenvalue weighted by atomic mass is 10.1. The molecule has 4 rings (SSSR count). The molecule has 0 spiro atoms. The Hall–Kier alpha value is -4.39. The van der Waals surface area contributed by atoms with E-state index >= 15 is 0 Å². The molecule has 2 aromatic heterocycles. The average molecular weight is 566 g/mol. The number of ether oxygens (including phenoxy) is 2. The van der Waals surface area contributed by atoms with Crippen LogP contribution in [0.1, 0.15) is 63.4 Å². The summed E-state index contributed by atoms with van der Waals surface area (Å²) in [5.74, 6) is -0.505. The Morgan fingerprint density at radius 1 is 1.12 bits per heavy atom. The fourth-order valence-electron chi connectivity index (χ4n) is 3.99. The number of carboxylic acid groups (broad SMARTS) is 1. The van der Waals surface area contributed by atoms with Crippen LogP contribution in [0.4, 0.5) is 17.2 Å². The SMILES string of the molecule is COc1c(Nc2cc(NC(=O)C3CC3)nnc2C(=O)O)cccc1-c1ncn(CCC(=O)CCCOC(C)(C)C)n1. The van der Waals surface area contributed by atoms with Crippen molar-refractivity contribution in [1.29, 1.82) is 0 Å². The number of hydrogen-bond acceptors (Lipinski definition) is 10. The van der Waals surface area contributed by atoms with Gasteiger partial charge in [0.1, 0.15) is 12.1 Å². The molecule has 0 aliphatic heterocycles. The van der Waals surface area contributed by atoms with Crippen molar-refractivity contribution in [2.45, 2.75) is 65.0 Å². The number of nitrogens with zero attached hydrogens (tertiary/aromatic N) is 5. The van der Waals surface area contributed by atoms with E-state index in [1.165, 1.54) is 13.2 Å². The Morgan fingerprint density at radius 3 is 2.59 bits per heavy atom. The summed E-state index contributed by atoms with van der Waals surface area (Å²) in [7, 11) is 1.48. The first kappa shape index (κ1) is 29.6. The van der Waals surface area contributed by atoms with Crippen LogP contribution in [0.15, 0.2) is 30.6 Å². The number of anilines is 3. The maximum Gasteiger partial charge on any atom is 0.358 e. The quantitative estimate of drug-likeness (QED) is 0.241. The zero-order valence-electron chi connectivity index (χ0n) is 23.6. The van der Waals surface area contributed by atoms with Gasteiger partial charge in [-0.25, -0.2) is 9.78 Å². The van der Waals surface area contributed by atoms with Crippen molar-refractivity contribution in [2.75, 3.05) is 24.4 Å². The molecule has 1 fully saturated rings. The number of ketones is 1. The Balaban J connectivity index is 1.46. The highest BCUT2D eigenvalue weighted by atomic mass is 16.5. The van der Waals surface area contributed by atoms with Gasteiger partial charge in [0, 0.05) is 38.0 Å². The Bertz CT molecular complexity index is 1410. The smallest absolute Gasteiger partial charge is 0.358 e. The summed E-state index contributed by atoms with van der Waals surface area (Å²) in [6.45, 7) is 6.86. The van der Waals surface area contributed by atoms with Crippen LogP contribution in [0.2, 0.25) is 0 Å².